The maximum absolute atomic E-state index is 13.6. The second kappa shape index (κ2) is 8.48. The molecule has 0 saturated carbocycles. The van der Waals surface area contributed by atoms with Crippen molar-refractivity contribution in [2.24, 2.45) is 0 Å². The van der Waals surface area contributed by atoms with Crippen molar-refractivity contribution < 1.29 is 12.8 Å². The molecule has 0 saturated heterocycles. The van der Waals surface area contributed by atoms with Gasteiger partial charge in [-0.2, -0.15) is 0 Å². The number of halogens is 1. The summed E-state index contributed by atoms with van der Waals surface area (Å²) in [5, 5.41) is 2.77. The fraction of sp³-hybridized carbons (Fsp3) is 0.222. The monoisotopic (exact) mass is 391 g/mol. The summed E-state index contributed by atoms with van der Waals surface area (Å²) in [6.45, 7) is 0.260. The number of thiazole rings is 1. The minimum atomic E-state index is -3.46. The number of sulfonamides is 1. The molecule has 1 aromatic carbocycles. The van der Waals surface area contributed by atoms with Crippen LogP contribution in [0.3, 0.4) is 0 Å². The largest absolute Gasteiger partial charge is 0.264 e. The van der Waals surface area contributed by atoms with Gasteiger partial charge >= 0.3 is 0 Å². The number of hydrogen-bond donors (Lipinski definition) is 1. The fourth-order valence-corrected chi connectivity index (χ4v) is 4.29. The lowest BCUT2D eigenvalue weighted by molar-refractivity contribution is 0.578. The molecule has 3 aromatic rings. The van der Waals surface area contributed by atoms with E-state index in [1.807, 2.05) is 17.5 Å². The molecule has 0 fully saturated rings. The summed E-state index contributed by atoms with van der Waals surface area (Å²) in [5.41, 5.74) is 2.17. The molecule has 1 N–H and O–H groups in total. The highest BCUT2D eigenvalue weighted by Gasteiger charge is 2.12. The summed E-state index contributed by atoms with van der Waals surface area (Å²) in [4.78, 5) is 8.56. The molecule has 3 rings (SSSR count). The highest BCUT2D eigenvalue weighted by molar-refractivity contribution is 7.89. The standard InChI is InChI=1S/C18H18FN3O2S2/c19-17-6-2-1-4-14(17)8-11-26(23,24)21-10-7-16-13-25-18(22-16)15-5-3-9-20-12-15/h1-6,9,12-13,21H,7-8,10-11H2. The number of aromatic nitrogens is 2. The normalized spacial score (nSPS) is 11.6. The number of benzene rings is 1. The Kier molecular flexibility index (Phi) is 6.08. The summed E-state index contributed by atoms with van der Waals surface area (Å²) < 4.78 is 40.2. The number of nitrogens with one attached hydrogen (secondary N) is 1. The van der Waals surface area contributed by atoms with E-state index in [0.29, 0.717) is 12.0 Å². The summed E-state index contributed by atoms with van der Waals surface area (Å²) in [6.07, 6.45) is 4.09. The molecule has 0 aliphatic rings. The second-order valence-corrected chi connectivity index (χ2v) is 8.47. The molecule has 0 atom stereocenters. The number of aryl methyl sites for hydroxylation is 1. The lowest BCUT2D eigenvalue weighted by atomic mass is 10.2. The SMILES string of the molecule is O=S(=O)(CCc1ccccc1F)NCCc1csc(-c2cccnc2)n1. The molecular weight excluding hydrogens is 373 g/mol. The summed E-state index contributed by atoms with van der Waals surface area (Å²) in [6, 6.07) is 9.98. The lowest BCUT2D eigenvalue weighted by Crippen LogP contribution is -2.29. The topological polar surface area (TPSA) is 72.0 Å². The summed E-state index contributed by atoms with van der Waals surface area (Å²) >= 11 is 1.50. The third-order valence-electron chi connectivity index (χ3n) is 3.76. The van der Waals surface area contributed by atoms with E-state index in [9.17, 15) is 12.8 Å². The Morgan fingerprint density at radius 1 is 1.12 bits per heavy atom. The van der Waals surface area contributed by atoms with E-state index in [0.717, 1.165) is 16.3 Å². The Morgan fingerprint density at radius 2 is 1.96 bits per heavy atom. The van der Waals surface area contributed by atoms with Crippen LogP contribution in [0.25, 0.3) is 10.6 Å². The van der Waals surface area contributed by atoms with Gasteiger partial charge in [0.15, 0.2) is 0 Å². The Bertz CT molecular complexity index is 959. The zero-order valence-electron chi connectivity index (χ0n) is 13.9. The zero-order valence-corrected chi connectivity index (χ0v) is 15.6. The average molecular weight is 391 g/mol. The van der Waals surface area contributed by atoms with Gasteiger partial charge in [-0.05, 0) is 30.2 Å². The predicted octanol–water partition coefficient (Wildman–Crippen LogP) is 3.05. The van der Waals surface area contributed by atoms with Crippen LogP contribution in [0.15, 0.2) is 54.2 Å². The number of nitrogens with zero attached hydrogens (tertiary/aromatic N) is 2. The van der Waals surface area contributed by atoms with Crippen molar-refractivity contribution in [1.29, 1.82) is 0 Å². The third kappa shape index (κ3) is 5.17. The van der Waals surface area contributed by atoms with Crippen molar-refractivity contribution >= 4 is 21.4 Å². The van der Waals surface area contributed by atoms with E-state index in [-0.39, 0.29) is 24.5 Å². The molecule has 5 nitrogen and oxygen atoms in total. The van der Waals surface area contributed by atoms with Crippen LogP contribution in [0.5, 0.6) is 0 Å². The smallest absolute Gasteiger partial charge is 0.211 e. The molecule has 0 aliphatic carbocycles. The highest BCUT2D eigenvalue weighted by atomic mass is 32.2. The first-order valence-corrected chi connectivity index (χ1v) is 10.6. The molecule has 0 spiro atoms. The maximum Gasteiger partial charge on any atom is 0.211 e. The molecule has 0 radical (unpaired) electrons. The first kappa shape index (κ1) is 18.6. The van der Waals surface area contributed by atoms with Gasteiger partial charge in [-0.25, -0.2) is 22.5 Å². The van der Waals surface area contributed by atoms with Gasteiger partial charge in [0.1, 0.15) is 10.8 Å². The van der Waals surface area contributed by atoms with Crippen molar-refractivity contribution in [2.75, 3.05) is 12.3 Å². The molecule has 0 amide bonds. The Labute approximate surface area is 156 Å². The van der Waals surface area contributed by atoms with E-state index in [1.54, 1.807) is 30.6 Å². The van der Waals surface area contributed by atoms with Gasteiger partial charge in [0.2, 0.25) is 10.0 Å². The quantitative estimate of drug-likeness (QED) is 0.641. The number of pyridine rings is 1. The van der Waals surface area contributed by atoms with Crippen LogP contribution >= 0.6 is 11.3 Å². The van der Waals surface area contributed by atoms with Crippen molar-refractivity contribution in [3.63, 3.8) is 0 Å². The van der Waals surface area contributed by atoms with Crippen molar-refractivity contribution in [1.82, 2.24) is 14.7 Å². The van der Waals surface area contributed by atoms with Crippen LogP contribution in [-0.2, 0) is 22.9 Å². The molecule has 136 valence electrons. The Hall–Kier alpha value is -2.16. The first-order chi connectivity index (χ1) is 12.5. The number of rotatable bonds is 8. The van der Waals surface area contributed by atoms with Crippen LogP contribution in [0.4, 0.5) is 4.39 Å². The van der Waals surface area contributed by atoms with Gasteiger partial charge in [0.05, 0.1) is 11.4 Å². The third-order valence-corrected chi connectivity index (χ3v) is 6.09. The van der Waals surface area contributed by atoms with Gasteiger partial charge in [-0.15, -0.1) is 11.3 Å². The fourth-order valence-electron chi connectivity index (χ4n) is 2.40. The van der Waals surface area contributed by atoms with Crippen LogP contribution in [0.1, 0.15) is 11.3 Å². The molecule has 0 aliphatic heterocycles. The Balaban J connectivity index is 1.50. The molecule has 8 heteroatoms. The first-order valence-electron chi connectivity index (χ1n) is 8.09. The molecule has 0 unspecified atom stereocenters. The van der Waals surface area contributed by atoms with Crippen LogP contribution in [0, 0.1) is 5.82 Å². The van der Waals surface area contributed by atoms with Crippen LogP contribution in [-0.4, -0.2) is 30.7 Å². The van der Waals surface area contributed by atoms with E-state index < -0.39 is 10.0 Å². The molecule has 2 aromatic heterocycles. The van der Waals surface area contributed by atoms with Gasteiger partial charge in [0, 0.05) is 36.3 Å². The molecular formula is C18H18FN3O2S2. The minimum Gasteiger partial charge on any atom is -0.264 e. The van der Waals surface area contributed by atoms with E-state index in [4.69, 9.17) is 0 Å². The Morgan fingerprint density at radius 3 is 2.73 bits per heavy atom. The van der Waals surface area contributed by atoms with Crippen LogP contribution < -0.4 is 4.72 Å². The van der Waals surface area contributed by atoms with Crippen molar-refractivity contribution in [3.05, 3.63) is 71.2 Å². The lowest BCUT2D eigenvalue weighted by Gasteiger charge is -2.06. The molecule has 26 heavy (non-hydrogen) atoms. The zero-order chi connectivity index (χ0) is 18.4. The van der Waals surface area contributed by atoms with Gasteiger partial charge in [0.25, 0.3) is 0 Å². The number of hydrogen-bond acceptors (Lipinski definition) is 5. The van der Waals surface area contributed by atoms with Gasteiger partial charge in [-0.3, -0.25) is 4.98 Å². The molecule has 2 heterocycles. The van der Waals surface area contributed by atoms with E-state index >= 15 is 0 Å². The summed E-state index contributed by atoms with van der Waals surface area (Å²) in [5.74, 6) is -0.528. The highest BCUT2D eigenvalue weighted by Crippen LogP contribution is 2.22. The van der Waals surface area contributed by atoms with Crippen molar-refractivity contribution in [2.45, 2.75) is 12.8 Å². The van der Waals surface area contributed by atoms with E-state index in [2.05, 4.69) is 14.7 Å². The minimum absolute atomic E-state index is 0.143. The summed E-state index contributed by atoms with van der Waals surface area (Å²) in [7, 11) is -3.46. The van der Waals surface area contributed by atoms with Crippen LogP contribution in [0.2, 0.25) is 0 Å². The van der Waals surface area contributed by atoms with Gasteiger partial charge in [-0.1, -0.05) is 18.2 Å². The van der Waals surface area contributed by atoms with Crippen molar-refractivity contribution in [3.8, 4) is 10.6 Å². The maximum atomic E-state index is 13.6. The van der Waals surface area contributed by atoms with Gasteiger partial charge < -0.3 is 0 Å². The molecule has 0 bridgehead atoms. The second-order valence-electron chi connectivity index (χ2n) is 5.69. The average Bonchev–Trinajstić information content (AvgIpc) is 3.11. The predicted molar refractivity (Wildman–Crippen MR) is 101 cm³/mol. The van der Waals surface area contributed by atoms with E-state index in [1.165, 1.54) is 17.4 Å².